The van der Waals surface area contributed by atoms with E-state index >= 15 is 0 Å². The predicted molar refractivity (Wildman–Crippen MR) is 108 cm³/mol. The number of rotatable bonds is 8. The molecule has 0 aliphatic rings. The summed E-state index contributed by atoms with van der Waals surface area (Å²) in [6, 6.07) is 26.3. The van der Waals surface area contributed by atoms with Crippen molar-refractivity contribution in [1.29, 1.82) is 0 Å². The van der Waals surface area contributed by atoms with Gasteiger partial charge in [-0.15, -0.1) is 0 Å². The van der Waals surface area contributed by atoms with Crippen LogP contribution in [0.5, 0.6) is 11.5 Å². The summed E-state index contributed by atoms with van der Waals surface area (Å²) in [4.78, 5) is 0. The first-order chi connectivity index (χ1) is 13.2. The molecule has 1 unspecified atom stereocenters. The molecule has 1 atom stereocenters. The molecule has 0 aliphatic heterocycles. The molecular weight excluding hydrogens is 336 g/mol. The van der Waals surface area contributed by atoms with Crippen LogP contribution in [-0.2, 0) is 9.47 Å². The van der Waals surface area contributed by atoms with Crippen molar-refractivity contribution in [2.45, 2.75) is 25.9 Å². The maximum atomic E-state index is 6.05. The van der Waals surface area contributed by atoms with E-state index in [1.165, 1.54) is 5.56 Å². The molecule has 0 radical (unpaired) electrons. The molecule has 0 aliphatic carbocycles. The highest BCUT2D eigenvalue weighted by Crippen LogP contribution is 2.35. The van der Waals surface area contributed by atoms with Crippen molar-refractivity contribution < 1.29 is 14.2 Å². The number of hydrogen-bond donors (Lipinski definition) is 0. The molecule has 0 spiro atoms. The molecule has 3 heteroatoms. The Labute approximate surface area is 161 Å². The molecule has 0 bridgehead atoms. The largest absolute Gasteiger partial charge is 0.457 e. The van der Waals surface area contributed by atoms with E-state index in [9.17, 15) is 0 Å². The van der Waals surface area contributed by atoms with Crippen LogP contribution in [0.15, 0.2) is 78.9 Å². The van der Waals surface area contributed by atoms with Gasteiger partial charge >= 0.3 is 0 Å². The molecule has 0 saturated carbocycles. The van der Waals surface area contributed by atoms with E-state index in [2.05, 4.69) is 38.1 Å². The summed E-state index contributed by atoms with van der Waals surface area (Å²) in [5, 5.41) is 0. The standard InChI is InChI=1S/C24H26O3/c1-18(2)23-16-21(27-20-12-8-5-9-13-20)14-15-22(23)24(26-17-25-3)19-10-6-4-7-11-19/h4-16,18,24H,17H2,1-3H3. The molecule has 0 fully saturated rings. The van der Waals surface area contributed by atoms with Gasteiger partial charge in [-0.2, -0.15) is 0 Å². The van der Waals surface area contributed by atoms with Crippen molar-refractivity contribution in [2.24, 2.45) is 0 Å². The van der Waals surface area contributed by atoms with E-state index in [-0.39, 0.29) is 12.9 Å². The molecule has 140 valence electrons. The lowest BCUT2D eigenvalue weighted by Gasteiger charge is -2.23. The summed E-state index contributed by atoms with van der Waals surface area (Å²) in [7, 11) is 1.64. The van der Waals surface area contributed by atoms with Gasteiger partial charge in [0.25, 0.3) is 0 Å². The third kappa shape index (κ3) is 4.97. The molecule has 3 nitrogen and oxygen atoms in total. The van der Waals surface area contributed by atoms with Gasteiger partial charge in [-0.25, -0.2) is 0 Å². The molecule has 0 aromatic heterocycles. The fourth-order valence-electron chi connectivity index (χ4n) is 3.11. The van der Waals surface area contributed by atoms with Gasteiger partial charge in [-0.05, 0) is 46.9 Å². The molecule has 0 N–H and O–H groups in total. The zero-order chi connectivity index (χ0) is 19.1. The second kappa shape index (κ2) is 9.36. The van der Waals surface area contributed by atoms with Gasteiger partial charge in [-0.3, -0.25) is 0 Å². The first-order valence-electron chi connectivity index (χ1n) is 9.21. The third-order valence-electron chi connectivity index (χ3n) is 4.40. The number of para-hydroxylation sites is 1. The topological polar surface area (TPSA) is 27.7 Å². The van der Waals surface area contributed by atoms with Crippen LogP contribution in [0.4, 0.5) is 0 Å². The molecule has 27 heavy (non-hydrogen) atoms. The maximum Gasteiger partial charge on any atom is 0.147 e. The van der Waals surface area contributed by atoms with Gasteiger partial charge in [0.15, 0.2) is 0 Å². The van der Waals surface area contributed by atoms with Gasteiger partial charge in [0.05, 0.1) is 0 Å². The van der Waals surface area contributed by atoms with Crippen molar-refractivity contribution in [2.75, 3.05) is 13.9 Å². The summed E-state index contributed by atoms with van der Waals surface area (Å²) in [5.41, 5.74) is 3.44. The van der Waals surface area contributed by atoms with Crippen LogP contribution >= 0.6 is 0 Å². The van der Waals surface area contributed by atoms with Crippen molar-refractivity contribution in [1.82, 2.24) is 0 Å². The number of ether oxygens (including phenoxy) is 3. The van der Waals surface area contributed by atoms with Crippen molar-refractivity contribution in [3.05, 3.63) is 95.6 Å². The minimum atomic E-state index is -0.186. The maximum absolute atomic E-state index is 6.05. The monoisotopic (exact) mass is 362 g/mol. The second-order valence-corrected chi connectivity index (χ2v) is 6.72. The van der Waals surface area contributed by atoms with Crippen LogP contribution in [0.2, 0.25) is 0 Å². The Kier molecular flexibility index (Phi) is 6.64. The predicted octanol–water partition coefficient (Wildman–Crippen LogP) is 6.31. The summed E-state index contributed by atoms with van der Waals surface area (Å²) in [6.45, 7) is 4.60. The van der Waals surface area contributed by atoms with Crippen LogP contribution < -0.4 is 4.74 Å². The summed E-state index contributed by atoms with van der Waals surface area (Å²) in [6.07, 6.45) is -0.186. The fourth-order valence-corrected chi connectivity index (χ4v) is 3.11. The van der Waals surface area contributed by atoms with Gasteiger partial charge in [0.1, 0.15) is 24.4 Å². The highest BCUT2D eigenvalue weighted by molar-refractivity contribution is 5.44. The quantitative estimate of drug-likeness (QED) is 0.439. The molecule has 0 amide bonds. The Morgan fingerprint density at radius 3 is 2.04 bits per heavy atom. The van der Waals surface area contributed by atoms with Gasteiger partial charge in [-0.1, -0.05) is 68.4 Å². The fraction of sp³-hybridized carbons (Fsp3) is 0.250. The summed E-state index contributed by atoms with van der Waals surface area (Å²) < 4.78 is 17.2. The lowest BCUT2D eigenvalue weighted by molar-refractivity contribution is -0.0594. The lowest BCUT2D eigenvalue weighted by atomic mass is 9.90. The molecule has 3 aromatic rings. The van der Waals surface area contributed by atoms with Crippen LogP contribution in [0.25, 0.3) is 0 Å². The number of methoxy groups -OCH3 is 1. The normalized spacial score (nSPS) is 12.1. The van der Waals surface area contributed by atoms with E-state index in [4.69, 9.17) is 14.2 Å². The number of benzene rings is 3. The first-order valence-corrected chi connectivity index (χ1v) is 9.21. The van der Waals surface area contributed by atoms with E-state index in [1.54, 1.807) is 7.11 Å². The molecular formula is C24H26O3. The molecule has 0 heterocycles. The van der Waals surface area contributed by atoms with E-state index in [1.807, 2.05) is 54.6 Å². The third-order valence-corrected chi connectivity index (χ3v) is 4.40. The molecule has 3 rings (SSSR count). The van der Waals surface area contributed by atoms with E-state index in [0.29, 0.717) is 5.92 Å². The smallest absolute Gasteiger partial charge is 0.147 e. The van der Waals surface area contributed by atoms with Crippen LogP contribution in [0.1, 0.15) is 42.6 Å². The van der Waals surface area contributed by atoms with Crippen molar-refractivity contribution in [3.63, 3.8) is 0 Å². The first kappa shape index (κ1) is 19.2. The van der Waals surface area contributed by atoms with E-state index in [0.717, 1.165) is 22.6 Å². The summed E-state index contributed by atoms with van der Waals surface area (Å²) in [5.74, 6) is 1.99. The minimum Gasteiger partial charge on any atom is -0.457 e. The SMILES string of the molecule is COCOC(c1ccccc1)c1ccc(Oc2ccccc2)cc1C(C)C. The van der Waals surface area contributed by atoms with Gasteiger partial charge < -0.3 is 14.2 Å². The Bertz CT molecular complexity index is 829. The van der Waals surface area contributed by atoms with Crippen LogP contribution in [0, 0.1) is 0 Å². The minimum absolute atomic E-state index is 0.186. The van der Waals surface area contributed by atoms with Crippen LogP contribution in [0.3, 0.4) is 0 Å². The van der Waals surface area contributed by atoms with Gasteiger partial charge in [0.2, 0.25) is 0 Å². The molecule has 0 saturated heterocycles. The zero-order valence-corrected chi connectivity index (χ0v) is 16.1. The average molecular weight is 362 g/mol. The lowest BCUT2D eigenvalue weighted by Crippen LogP contribution is -2.11. The Morgan fingerprint density at radius 2 is 1.41 bits per heavy atom. The molecule has 3 aromatic carbocycles. The van der Waals surface area contributed by atoms with E-state index < -0.39 is 0 Å². The van der Waals surface area contributed by atoms with Gasteiger partial charge in [0, 0.05) is 7.11 Å². The van der Waals surface area contributed by atoms with Crippen molar-refractivity contribution >= 4 is 0 Å². The average Bonchev–Trinajstić information content (AvgIpc) is 2.70. The highest BCUT2D eigenvalue weighted by atomic mass is 16.7. The van der Waals surface area contributed by atoms with Crippen LogP contribution in [-0.4, -0.2) is 13.9 Å². The number of hydrogen-bond acceptors (Lipinski definition) is 3. The Hall–Kier alpha value is -2.62. The van der Waals surface area contributed by atoms with Crippen molar-refractivity contribution in [3.8, 4) is 11.5 Å². The summed E-state index contributed by atoms with van der Waals surface area (Å²) >= 11 is 0. The Morgan fingerprint density at radius 1 is 0.741 bits per heavy atom. The highest BCUT2D eigenvalue weighted by Gasteiger charge is 2.20. The zero-order valence-electron chi connectivity index (χ0n) is 16.1. The Balaban J connectivity index is 1.97. The second-order valence-electron chi connectivity index (χ2n) is 6.72.